The fraction of sp³-hybridized carbons (Fsp3) is 0.571. The summed E-state index contributed by atoms with van der Waals surface area (Å²) in [5.74, 6) is -2.41. The van der Waals surface area contributed by atoms with Gasteiger partial charge in [-0.3, -0.25) is 4.79 Å². The van der Waals surface area contributed by atoms with E-state index in [1.807, 2.05) is 5.32 Å². The van der Waals surface area contributed by atoms with E-state index < -0.39 is 43.3 Å². The Morgan fingerprint density at radius 3 is 2.25 bits per heavy atom. The number of hydrogen-bond donors (Lipinski definition) is 4. The van der Waals surface area contributed by atoms with E-state index in [1.165, 1.54) is 0 Å². The molecule has 0 bridgehead atoms. The van der Waals surface area contributed by atoms with Crippen LogP contribution in [0.2, 0.25) is 0 Å². The van der Waals surface area contributed by atoms with Crippen molar-refractivity contribution in [2.24, 2.45) is 5.73 Å². The first-order valence-electron chi connectivity index (χ1n) is 4.16. The fourth-order valence-electron chi connectivity index (χ4n) is 0.780. The summed E-state index contributed by atoms with van der Waals surface area (Å²) >= 11 is 0. The number of carboxylic acids is 1. The molecule has 0 spiro atoms. The summed E-state index contributed by atoms with van der Waals surface area (Å²) < 4.78 is 23.3. The molecule has 0 fully saturated rings. The molecule has 0 rings (SSSR count). The number of amides is 3. The van der Waals surface area contributed by atoms with Gasteiger partial charge in [-0.15, -0.1) is 0 Å². The molecule has 0 radical (unpaired) electrons. The van der Waals surface area contributed by atoms with Crippen LogP contribution in [0.15, 0.2) is 0 Å². The Labute approximate surface area is 89.0 Å². The van der Waals surface area contributed by atoms with Crippen molar-refractivity contribution in [2.45, 2.75) is 18.9 Å². The first-order valence-corrected chi connectivity index (χ1v) is 4.16. The zero-order chi connectivity index (χ0) is 12.7. The van der Waals surface area contributed by atoms with Gasteiger partial charge in [-0.2, -0.15) is 0 Å². The van der Waals surface area contributed by atoms with Gasteiger partial charge in [0.15, 0.2) is 0 Å². The largest absolute Gasteiger partial charge is 0.480 e. The average Bonchev–Trinajstić information content (AvgIpc) is 2.12. The van der Waals surface area contributed by atoms with Crippen molar-refractivity contribution in [3.63, 3.8) is 0 Å². The number of nitrogens with one attached hydrogen (secondary N) is 2. The third kappa shape index (κ3) is 6.51. The zero-order valence-electron chi connectivity index (χ0n) is 8.07. The summed E-state index contributed by atoms with van der Waals surface area (Å²) in [5, 5.41) is 12.1. The van der Waals surface area contributed by atoms with E-state index in [9.17, 15) is 23.2 Å². The average molecular weight is 239 g/mol. The topological polar surface area (TPSA) is 122 Å². The second kappa shape index (κ2) is 6.53. The van der Waals surface area contributed by atoms with Crippen molar-refractivity contribution < 1.29 is 28.3 Å². The monoisotopic (exact) mass is 239 g/mol. The molecule has 0 aliphatic heterocycles. The summed E-state index contributed by atoms with van der Waals surface area (Å²) in [6.07, 6.45) is -3.36. The Morgan fingerprint density at radius 2 is 1.88 bits per heavy atom. The maximum atomic E-state index is 11.7. The molecule has 3 amide bonds. The van der Waals surface area contributed by atoms with Crippen molar-refractivity contribution in [1.82, 2.24) is 10.6 Å². The van der Waals surface area contributed by atoms with Crippen LogP contribution in [0.25, 0.3) is 0 Å². The first-order chi connectivity index (χ1) is 7.32. The van der Waals surface area contributed by atoms with Gasteiger partial charge >= 0.3 is 12.0 Å². The molecule has 9 heteroatoms. The molecule has 7 nitrogen and oxygen atoms in total. The van der Waals surface area contributed by atoms with Crippen LogP contribution in [0.1, 0.15) is 6.42 Å². The van der Waals surface area contributed by atoms with Crippen LogP contribution in [-0.4, -0.2) is 42.0 Å². The predicted octanol–water partition coefficient (Wildman–Crippen LogP) is -1.12. The maximum absolute atomic E-state index is 11.7. The number of rotatable bonds is 6. The second-order valence-electron chi connectivity index (χ2n) is 2.81. The van der Waals surface area contributed by atoms with Gasteiger partial charge in [0.1, 0.15) is 6.04 Å². The molecule has 0 aliphatic carbocycles. The number of carbonyl (C=O) groups excluding carboxylic acids is 2. The molecule has 0 aliphatic rings. The van der Waals surface area contributed by atoms with Gasteiger partial charge in [-0.25, -0.2) is 18.4 Å². The van der Waals surface area contributed by atoms with Gasteiger partial charge in [-0.05, 0) is 0 Å². The highest BCUT2D eigenvalue weighted by molar-refractivity contribution is 5.87. The van der Waals surface area contributed by atoms with E-state index in [2.05, 4.69) is 0 Å². The van der Waals surface area contributed by atoms with Gasteiger partial charge < -0.3 is 21.5 Å². The van der Waals surface area contributed by atoms with Crippen LogP contribution in [0.5, 0.6) is 0 Å². The van der Waals surface area contributed by atoms with Crippen molar-refractivity contribution in [3.8, 4) is 0 Å². The van der Waals surface area contributed by atoms with Crippen molar-refractivity contribution >= 4 is 17.9 Å². The van der Waals surface area contributed by atoms with Crippen molar-refractivity contribution in [3.05, 3.63) is 0 Å². The minimum Gasteiger partial charge on any atom is -0.480 e. The van der Waals surface area contributed by atoms with Crippen molar-refractivity contribution in [2.75, 3.05) is 6.54 Å². The molecule has 0 saturated carbocycles. The third-order valence-corrected chi connectivity index (χ3v) is 1.43. The lowest BCUT2D eigenvalue weighted by atomic mass is 10.2. The number of nitrogens with two attached hydrogens (primary N) is 1. The number of primary amides is 1. The second-order valence-corrected chi connectivity index (χ2v) is 2.81. The van der Waals surface area contributed by atoms with E-state index in [0.29, 0.717) is 0 Å². The molecule has 0 saturated heterocycles. The fourth-order valence-corrected chi connectivity index (χ4v) is 0.780. The molecule has 5 N–H and O–H groups in total. The Balaban J connectivity index is 4.13. The van der Waals surface area contributed by atoms with E-state index in [-0.39, 0.29) is 0 Å². The smallest absolute Gasteiger partial charge is 0.326 e. The van der Waals surface area contributed by atoms with Gasteiger partial charge in [0.05, 0.1) is 13.0 Å². The highest BCUT2D eigenvalue weighted by Gasteiger charge is 2.22. The van der Waals surface area contributed by atoms with Crippen LogP contribution in [-0.2, 0) is 9.59 Å². The number of urea groups is 1. The van der Waals surface area contributed by atoms with E-state index in [1.54, 1.807) is 5.32 Å². The Morgan fingerprint density at radius 1 is 1.31 bits per heavy atom. The summed E-state index contributed by atoms with van der Waals surface area (Å²) in [7, 11) is 0. The van der Waals surface area contributed by atoms with Crippen LogP contribution in [0.4, 0.5) is 13.6 Å². The Hall–Kier alpha value is -1.93. The standard InChI is InChI=1S/C7H11F2N3O4/c8-4(9)2-11-7(16)12-3(6(14)15)1-5(10)13/h3-4H,1-2H2,(H2,10,13)(H,14,15)(H2,11,12,16)/t3-/m1/s1. The molecule has 0 aromatic rings. The lowest BCUT2D eigenvalue weighted by molar-refractivity contribution is -0.140. The number of aliphatic carboxylic acids is 1. The molecule has 0 heterocycles. The van der Waals surface area contributed by atoms with Gasteiger partial charge in [-0.1, -0.05) is 0 Å². The number of alkyl halides is 2. The minimum atomic E-state index is -2.75. The number of carboxylic acid groups (broad SMARTS) is 1. The van der Waals surface area contributed by atoms with Crippen molar-refractivity contribution in [1.29, 1.82) is 0 Å². The molecule has 0 unspecified atom stereocenters. The van der Waals surface area contributed by atoms with Crippen LogP contribution < -0.4 is 16.4 Å². The Kier molecular flexibility index (Phi) is 5.75. The molecular formula is C7H11F2N3O4. The summed E-state index contributed by atoms with van der Waals surface area (Å²) in [6.45, 7) is -0.908. The first kappa shape index (κ1) is 14.1. The van der Waals surface area contributed by atoms with Crippen LogP contribution in [0, 0.1) is 0 Å². The maximum Gasteiger partial charge on any atom is 0.326 e. The van der Waals surface area contributed by atoms with E-state index in [4.69, 9.17) is 10.8 Å². The third-order valence-electron chi connectivity index (χ3n) is 1.43. The van der Waals surface area contributed by atoms with Gasteiger partial charge in [0, 0.05) is 0 Å². The number of hydrogen-bond acceptors (Lipinski definition) is 3. The summed E-state index contributed by atoms with van der Waals surface area (Å²) in [6, 6.07) is -2.64. The summed E-state index contributed by atoms with van der Waals surface area (Å²) in [4.78, 5) is 31.8. The zero-order valence-corrected chi connectivity index (χ0v) is 8.07. The molecule has 0 aromatic heterocycles. The molecule has 92 valence electrons. The van der Waals surface area contributed by atoms with Gasteiger partial charge in [0.25, 0.3) is 6.43 Å². The van der Waals surface area contributed by atoms with Gasteiger partial charge in [0.2, 0.25) is 5.91 Å². The Bertz CT molecular complexity index is 285. The molecular weight excluding hydrogens is 228 g/mol. The predicted molar refractivity (Wildman–Crippen MR) is 47.8 cm³/mol. The quantitative estimate of drug-likeness (QED) is 0.469. The molecule has 0 aromatic carbocycles. The van der Waals surface area contributed by atoms with Crippen LogP contribution >= 0.6 is 0 Å². The molecule has 16 heavy (non-hydrogen) atoms. The minimum absolute atomic E-state index is 0.614. The van der Waals surface area contributed by atoms with E-state index >= 15 is 0 Å². The van der Waals surface area contributed by atoms with Crippen LogP contribution in [0.3, 0.4) is 0 Å². The lowest BCUT2D eigenvalue weighted by Gasteiger charge is -2.13. The number of carbonyl (C=O) groups is 3. The SMILES string of the molecule is NC(=O)C[C@@H](NC(=O)NCC(F)F)C(=O)O. The normalized spacial score (nSPS) is 11.9. The highest BCUT2D eigenvalue weighted by atomic mass is 19.3. The number of halogens is 2. The van der Waals surface area contributed by atoms with E-state index in [0.717, 1.165) is 0 Å². The molecule has 1 atom stereocenters. The lowest BCUT2D eigenvalue weighted by Crippen LogP contribution is -2.48. The summed E-state index contributed by atoms with van der Waals surface area (Å²) in [5.41, 5.74) is 4.74. The highest BCUT2D eigenvalue weighted by Crippen LogP contribution is 1.92.